The zero-order valence-electron chi connectivity index (χ0n) is 11.8. The molecule has 0 fully saturated rings. The highest BCUT2D eigenvalue weighted by atomic mass is 127. The van der Waals surface area contributed by atoms with Crippen molar-refractivity contribution in [3.63, 3.8) is 0 Å². The number of aromatic nitrogens is 3. The van der Waals surface area contributed by atoms with E-state index in [0.717, 1.165) is 18.5 Å². The lowest BCUT2D eigenvalue weighted by molar-refractivity contribution is 1.07. The number of benzene rings is 2. The molecule has 0 aliphatic carbocycles. The average Bonchev–Trinajstić information content (AvgIpc) is 2.51. The first-order valence-electron chi connectivity index (χ1n) is 6.65. The van der Waals surface area contributed by atoms with Gasteiger partial charge in [0.05, 0.1) is 0 Å². The van der Waals surface area contributed by atoms with Gasteiger partial charge in [-0.05, 0) is 93.7 Å². The van der Waals surface area contributed by atoms with Crippen molar-refractivity contribution in [1.29, 1.82) is 0 Å². The Hall–Kier alpha value is -1.69. The summed E-state index contributed by atoms with van der Waals surface area (Å²) < 4.78 is 2.31. The molecule has 1 heterocycles. The Morgan fingerprint density at radius 1 is 0.652 bits per heavy atom. The molecule has 116 valence electrons. The van der Waals surface area contributed by atoms with E-state index in [1.165, 1.54) is 0 Å². The van der Waals surface area contributed by atoms with Crippen LogP contribution in [-0.4, -0.2) is 15.0 Å². The third-order valence-corrected chi connectivity index (χ3v) is 4.29. The normalized spacial score (nSPS) is 10.3. The van der Waals surface area contributed by atoms with Crippen LogP contribution in [0, 0.1) is 7.14 Å². The fraction of sp³-hybridized carbons (Fsp3) is 0. The Balaban J connectivity index is 1.81. The summed E-state index contributed by atoms with van der Waals surface area (Å²) in [6.07, 6.45) is 0. The number of rotatable bonds is 4. The second-order valence-corrected chi connectivity index (χ2v) is 7.10. The summed E-state index contributed by atoms with van der Waals surface area (Å²) in [7, 11) is 0. The molecule has 0 aliphatic rings. The van der Waals surface area contributed by atoms with Gasteiger partial charge in [0.15, 0.2) is 0 Å². The molecular weight excluding hydrogens is 518 g/mol. The highest BCUT2D eigenvalue weighted by Crippen LogP contribution is 2.19. The molecular formula is C15H12I2N6. The van der Waals surface area contributed by atoms with Gasteiger partial charge in [-0.2, -0.15) is 15.0 Å². The largest absolute Gasteiger partial charge is 0.368 e. The Morgan fingerprint density at radius 3 is 1.43 bits per heavy atom. The van der Waals surface area contributed by atoms with Crippen molar-refractivity contribution in [3.8, 4) is 0 Å². The second kappa shape index (κ2) is 7.25. The van der Waals surface area contributed by atoms with Crippen molar-refractivity contribution in [2.75, 3.05) is 16.4 Å². The first-order valence-corrected chi connectivity index (χ1v) is 8.81. The van der Waals surface area contributed by atoms with Crippen LogP contribution in [0.2, 0.25) is 0 Å². The zero-order chi connectivity index (χ0) is 16.2. The molecule has 2 aromatic carbocycles. The Bertz CT molecular complexity index is 739. The van der Waals surface area contributed by atoms with Gasteiger partial charge in [-0.3, -0.25) is 0 Å². The van der Waals surface area contributed by atoms with Crippen molar-refractivity contribution >= 4 is 74.4 Å². The van der Waals surface area contributed by atoms with E-state index in [-0.39, 0.29) is 5.95 Å². The molecule has 0 radical (unpaired) electrons. The number of anilines is 5. The van der Waals surface area contributed by atoms with Crippen LogP contribution in [0.4, 0.5) is 29.2 Å². The number of halogens is 2. The molecule has 0 aliphatic heterocycles. The minimum Gasteiger partial charge on any atom is -0.368 e. The zero-order valence-corrected chi connectivity index (χ0v) is 16.1. The summed E-state index contributed by atoms with van der Waals surface area (Å²) in [6.45, 7) is 0. The van der Waals surface area contributed by atoms with E-state index in [2.05, 4.69) is 70.8 Å². The number of nitrogens with zero attached hydrogens (tertiary/aromatic N) is 3. The van der Waals surface area contributed by atoms with Crippen LogP contribution in [0.5, 0.6) is 0 Å². The number of hydrogen-bond acceptors (Lipinski definition) is 6. The van der Waals surface area contributed by atoms with E-state index in [1.807, 2.05) is 48.5 Å². The maximum absolute atomic E-state index is 5.77. The molecule has 3 aromatic rings. The van der Waals surface area contributed by atoms with Crippen molar-refractivity contribution in [2.24, 2.45) is 0 Å². The van der Waals surface area contributed by atoms with Crippen LogP contribution >= 0.6 is 45.2 Å². The van der Waals surface area contributed by atoms with Crippen LogP contribution in [0.3, 0.4) is 0 Å². The molecule has 3 rings (SSSR count). The molecule has 1 aromatic heterocycles. The van der Waals surface area contributed by atoms with E-state index in [0.29, 0.717) is 11.9 Å². The Morgan fingerprint density at radius 2 is 1.04 bits per heavy atom. The van der Waals surface area contributed by atoms with E-state index in [9.17, 15) is 0 Å². The molecule has 0 saturated carbocycles. The van der Waals surface area contributed by atoms with Crippen LogP contribution in [0.25, 0.3) is 0 Å². The van der Waals surface area contributed by atoms with E-state index >= 15 is 0 Å². The Labute approximate surface area is 160 Å². The fourth-order valence-corrected chi connectivity index (χ4v) is 2.55. The molecule has 0 bridgehead atoms. The Kier molecular flexibility index (Phi) is 5.10. The summed E-state index contributed by atoms with van der Waals surface area (Å²) in [4.78, 5) is 12.6. The molecule has 0 unspecified atom stereocenters. The maximum atomic E-state index is 5.77. The molecule has 23 heavy (non-hydrogen) atoms. The summed E-state index contributed by atoms with van der Waals surface area (Å²) in [5.41, 5.74) is 7.54. The lowest BCUT2D eigenvalue weighted by atomic mass is 10.3. The van der Waals surface area contributed by atoms with Crippen molar-refractivity contribution in [3.05, 3.63) is 55.7 Å². The van der Waals surface area contributed by atoms with Gasteiger partial charge in [-0.1, -0.05) is 0 Å². The summed E-state index contributed by atoms with van der Waals surface area (Å²) in [6, 6.07) is 15.8. The summed E-state index contributed by atoms with van der Waals surface area (Å²) in [5.74, 6) is 0.944. The topological polar surface area (TPSA) is 88.8 Å². The van der Waals surface area contributed by atoms with Gasteiger partial charge in [0, 0.05) is 18.5 Å². The van der Waals surface area contributed by atoms with Crippen LogP contribution in [0.1, 0.15) is 0 Å². The van der Waals surface area contributed by atoms with E-state index in [4.69, 9.17) is 5.73 Å². The van der Waals surface area contributed by atoms with Gasteiger partial charge >= 0.3 is 0 Å². The van der Waals surface area contributed by atoms with Crippen molar-refractivity contribution in [1.82, 2.24) is 15.0 Å². The molecule has 0 amide bonds. The molecule has 0 saturated heterocycles. The van der Waals surface area contributed by atoms with Crippen molar-refractivity contribution in [2.45, 2.75) is 0 Å². The van der Waals surface area contributed by atoms with E-state index < -0.39 is 0 Å². The first-order chi connectivity index (χ1) is 11.1. The lowest BCUT2D eigenvalue weighted by Crippen LogP contribution is -2.06. The average molecular weight is 530 g/mol. The van der Waals surface area contributed by atoms with E-state index in [1.54, 1.807) is 0 Å². The first kappa shape index (κ1) is 16.2. The number of hydrogen-bond donors (Lipinski definition) is 3. The van der Waals surface area contributed by atoms with Gasteiger partial charge in [-0.15, -0.1) is 0 Å². The standard InChI is InChI=1S/C15H12I2N6/c16-9-1-5-11(6-2-9)19-14-21-13(18)22-15(23-14)20-12-7-3-10(17)4-8-12/h1-8H,(H4,18,19,20,21,22,23). The van der Waals surface area contributed by atoms with Gasteiger partial charge in [0.2, 0.25) is 17.8 Å². The van der Waals surface area contributed by atoms with Crippen molar-refractivity contribution < 1.29 is 0 Å². The summed E-state index contributed by atoms with van der Waals surface area (Å²) >= 11 is 4.51. The minimum absolute atomic E-state index is 0.154. The van der Waals surface area contributed by atoms with Gasteiger partial charge < -0.3 is 16.4 Å². The monoisotopic (exact) mass is 530 g/mol. The second-order valence-electron chi connectivity index (χ2n) is 4.60. The number of nitrogens with one attached hydrogen (secondary N) is 2. The SMILES string of the molecule is Nc1nc(Nc2ccc(I)cc2)nc(Nc2ccc(I)cc2)n1. The number of nitrogen functional groups attached to an aromatic ring is 1. The highest BCUT2D eigenvalue weighted by Gasteiger charge is 2.05. The molecule has 4 N–H and O–H groups in total. The molecule has 0 spiro atoms. The molecule has 8 heteroatoms. The minimum atomic E-state index is 0.154. The quantitative estimate of drug-likeness (QED) is 0.440. The molecule has 6 nitrogen and oxygen atoms in total. The fourth-order valence-electron chi connectivity index (χ4n) is 1.83. The third-order valence-electron chi connectivity index (χ3n) is 2.85. The molecule has 0 atom stereocenters. The van der Waals surface area contributed by atoms with Crippen LogP contribution < -0.4 is 16.4 Å². The van der Waals surface area contributed by atoms with Gasteiger partial charge in [-0.25, -0.2) is 0 Å². The summed E-state index contributed by atoms with van der Waals surface area (Å²) in [5, 5.41) is 6.24. The van der Waals surface area contributed by atoms with Gasteiger partial charge in [0.1, 0.15) is 0 Å². The smallest absolute Gasteiger partial charge is 0.233 e. The van der Waals surface area contributed by atoms with Crippen LogP contribution in [0.15, 0.2) is 48.5 Å². The highest BCUT2D eigenvalue weighted by molar-refractivity contribution is 14.1. The third kappa shape index (κ3) is 4.64. The number of nitrogens with two attached hydrogens (primary N) is 1. The maximum Gasteiger partial charge on any atom is 0.233 e. The lowest BCUT2D eigenvalue weighted by Gasteiger charge is -2.09. The predicted molar refractivity (Wildman–Crippen MR) is 109 cm³/mol. The van der Waals surface area contributed by atoms with Crippen LogP contribution in [-0.2, 0) is 0 Å². The van der Waals surface area contributed by atoms with Gasteiger partial charge in [0.25, 0.3) is 0 Å². The predicted octanol–water partition coefficient (Wildman–Crippen LogP) is 4.15.